The first-order valence-corrected chi connectivity index (χ1v) is 9.27. The van der Waals surface area contributed by atoms with E-state index in [9.17, 15) is 9.59 Å². The summed E-state index contributed by atoms with van der Waals surface area (Å²) in [6.07, 6.45) is 1.23. The molecule has 1 saturated heterocycles. The molecule has 0 aromatic carbocycles. The monoisotopic (exact) mass is 335 g/mol. The Balaban J connectivity index is 1.64. The number of thiophene rings is 1. The SMILES string of the molecule is CC(C)CN1CCNC(=O)C1CC(=O)N1CCc2sccc2C1. The Labute approximate surface area is 141 Å². The molecule has 1 aromatic rings. The van der Waals surface area contributed by atoms with Crippen molar-refractivity contribution in [2.75, 3.05) is 26.2 Å². The molecule has 1 unspecified atom stereocenters. The van der Waals surface area contributed by atoms with Gasteiger partial charge in [-0.25, -0.2) is 0 Å². The minimum Gasteiger partial charge on any atom is -0.353 e. The Bertz CT molecular complexity index is 584. The van der Waals surface area contributed by atoms with Crippen LogP contribution in [-0.4, -0.2) is 53.8 Å². The van der Waals surface area contributed by atoms with Gasteiger partial charge in [0.25, 0.3) is 0 Å². The number of rotatable bonds is 4. The quantitative estimate of drug-likeness (QED) is 0.907. The van der Waals surface area contributed by atoms with Crippen LogP contribution in [0.2, 0.25) is 0 Å². The summed E-state index contributed by atoms with van der Waals surface area (Å²) in [6.45, 7) is 8.12. The summed E-state index contributed by atoms with van der Waals surface area (Å²) in [5, 5.41) is 5.00. The van der Waals surface area contributed by atoms with Crippen molar-refractivity contribution in [3.63, 3.8) is 0 Å². The summed E-state index contributed by atoms with van der Waals surface area (Å²) in [5.41, 5.74) is 1.27. The molecule has 0 radical (unpaired) electrons. The molecular weight excluding hydrogens is 310 g/mol. The molecule has 23 heavy (non-hydrogen) atoms. The summed E-state index contributed by atoms with van der Waals surface area (Å²) in [6, 6.07) is 1.79. The summed E-state index contributed by atoms with van der Waals surface area (Å²) < 4.78 is 0. The second-order valence-corrected chi connectivity index (χ2v) is 7.83. The van der Waals surface area contributed by atoms with Crippen molar-refractivity contribution in [3.8, 4) is 0 Å². The first kappa shape index (κ1) is 16.5. The Hall–Kier alpha value is -1.40. The van der Waals surface area contributed by atoms with Gasteiger partial charge in [-0.05, 0) is 29.3 Å². The third kappa shape index (κ3) is 3.75. The van der Waals surface area contributed by atoms with E-state index in [-0.39, 0.29) is 24.3 Å². The lowest BCUT2D eigenvalue weighted by atomic mass is 10.0. The van der Waals surface area contributed by atoms with Gasteiger partial charge in [0.2, 0.25) is 11.8 Å². The van der Waals surface area contributed by atoms with Gasteiger partial charge in [-0.1, -0.05) is 13.8 Å². The molecule has 2 aliphatic heterocycles. The second kappa shape index (κ2) is 7.01. The maximum Gasteiger partial charge on any atom is 0.237 e. The highest BCUT2D eigenvalue weighted by atomic mass is 32.1. The zero-order valence-corrected chi connectivity index (χ0v) is 14.7. The Morgan fingerprint density at radius 3 is 3.04 bits per heavy atom. The summed E-state index contributed by atoms with van der Waals surface area (Å²) in [4.78, 5) is 30.4. The van der Waals surface area contributed by atoms with Crippen LogP contribution in [0.25, 0.3) is 0 Å². The van der Waals surface area contributed by atoms with E-state index in [1.165, 1.54) is 10.4 Å². The Kier molecular flexibility index (Phi) is 5.02. The zero-order chi connectivity index (χ0) is 16.4. The summed E-state index contributed by atoms with van der Waals surface area (Å²) in [5.74, 6) is 0.581. The van der Waals surface area contributed by atoms with Crippen molar-refractivity contribution in [2.24, 2.45) is 5.92 Å². The number of nitrogens with one attached hydrogen (secondary N) is 1. The van der Waals surface area contributed by atoms with E-state index in [4.69, 9.17) is 0 Å². The lowest BCUT2D eigenvalue weighted by Crippen LogP contribution is -2.57. The van der Waals surface area contributed by atoms with Crippen LogP contribution in [0, 0.1) is 5.92 Å². The third-order valence-corrected chi connectivity index (χ3v) is 5.59. The maximum absolute atomic E-state index is 12.7. The number of piperazine rings is 1. The average molecular weight is 335 g/mol. The molecule has 3 heterocycles. The average Bonchev–Trinajstić information content (AvgIpc) is 2.97. The van der Waals surface area contributed by atoms with Crippen LogP contribution in [-0.2, 0) is 22.6 Å². The summed E-state index contributed by atoms with van der Waals surface area (Å²) >= 11 is 1.77. The van der Waals surface area contributed by atoms with Crippen LogP contribution >= 0.6 is 11.3 Å². The molecule has 2 amide bonds. The van der Waals surface area contributed by atoms with Crippen LogP contribution in [0.4, 0.5) is 0 Å². The lowest BCUT2D eigenvalue weighted by molar-refractivity contribution is -0.139. The van der Waals surface area contributed by atoms with Crippen LogP contribution in [0.5, 0.6) is 0 Å². The number of hydrogen-bond acceptors (Lipinski definition) is 4. The van der Waals surface area contributed by atoms with Gasteiger partial charge in [0.15, 0.2) is 0 Å². The standard InChI is InChI=1S/C17H25N3O2S/c1-12(2)10-19-7-5-18-17(22)14(19)9-16(21)20-6-3-15-13(11-20)4-8-23-15/h4,8,12,14H,3,5-7,9-11H2,1-2H3,(H,18,22). The zero-order valence-electron chi connectivity index (χ0n) is 13.9. The van der Waals surface area contributed by atoms with Gasteiger partial charge in [0.05, 0.1) is 12.5 Å². The number of fused-ring (bicyclic) bond motifs is 1. The molecule has 0 aliphatic carbocycles. The fourth-order valence-electron chi connectivity index (χ4n) is 3.43. The minimum absolute atomic E-state index is 0.00141. The molecule has 1 aromatic heterocycles. The second-order valence-electron chi connectivity index (χ2n) is 6.83. The van der Waals surface area contributed by atoms with Crippen molar-refractivity contribution in [1.29, 1.82) is 0 Å². The smallest absolute Gasteiger partial charge is 0.237 e. The fraction of sp³-hybridized carbons (Fsp3) is 0.647. The Morgan fingerprint density at radius 1 is 1.43 bits per heavy atom. The molecule has 1 fully saturated rings. The molecule has 0 spiro atoms. The molecule has 6 heteroatoms. The predicted octanol–water partition coefficient (Wildman–Crippen LogP) is 1.48. The van der Waals surface area contributed by atoms with E-state index in [1.54, 1.807) is 11.3 Å². The first-order valence-electron chi connectivity index (χ1n) is 8.39. The number of amides is 2. The molecule has 3 rings (SSSR count). The van der Waals surface area contributed by atoms with Crippen LogP contribution in [0.3, 0.4) is 0 Å². The number of carbonyl (C=O) groups excluding carboxylic acids is 2. The normalized spacial score (nSPS) is 22.1. The van der Waals surface area contributed by atoms with Crippen LogP contribution in [0.1, 0.15) is 30.7 Å². The molecular formula is C17H25N3O2S. The fourth-order valence-corrected chi connectivity index (χ4v) is 4.32. The third-order valence-electron chi connectivity index (χ3n) is 4.57. The first-order chi connectivity index (χ1) is 11.0. The Morgan fingerprint density at radius 2 is 2.26 bits per heavy atom. The molecule has 0 saturated carbocycles. The molecule has 126 valence electrons. The van der Waals surface area contributed by atoms with Gasteiger partial charge >= 0.3 is 0 Å². The molecule has 0 bridgehead atoms. The van der Waals surface area contributed by atoms with Gasteiger partial charge in [-0.2, -0.15) is 0 Å². The highest BCUT2D eigenvalue weighted by Gasteiger charge is 2.33. The molecule has 1 atom stereocenters. The van der Waals surface area contributed by atoms with E-state index in [0.29, 0.717) is 19.0 Å². The van der Waals surface area contributed by atoms with E-state index in [0.717, 1.165) is 26.1 Å². The highest BCUT2D eigenvalue weighted by molar-refractivity contribution is 7.10. The van der Waals surface area contributed by atoms with Crippen molar-refractivity contribution >= 4 is 23.2 Å². The van der Waals surface area contributed by atoms with Crippen molar-refractivity contribution < 1.29 is 9.59 Å². The maximum atomic E-state index is 12.7. The lowest BCUT2D eigenvalue weighted by Gasteiger charge is -2.37. The van der Waals surface area contributed by atoms with Gasteiger partial charge in [-0.15, -0.1) is 11.3 Å². The van der Waals surface area contributed by atoms with Crippen molar-refractivity contribution in [1.82, 2.24) is 15.1 Å². The number of hydrogen-bond donors (Lipinski definition) is 1. The van der Waals surface area contributed by atoms with E-state index in [2.05, 4.69) is 35.5 Å². The van der Waals surface area contributed by atoms with E-state index < -0.39 is 0 Å². The number of carbonyl (C=O) groups is 2. The minimum atomic E-state index is -0.317. The van der Waals surface area contributed by atoms with Crippen LogP contribution < -0.4 is 5.32 Å². The van der Waals surface area contributed by atoms with E-state index >= 15 is 0 Å². The van der Waals surface area contributed by atoms with Gasteiger partial charge in [0.1, 0.15) is 0 Å². The predicted molar refractivity (Wildman–Crippen MR) is 91.3 cm³/mol. The van der Waals surface area contributed by atoms with Crippen LogP contribution in [0.15, 0.2) is 11.4 Å². The topological polar surface area (TPSA) is 52.7 Å². The van der Waals surface area contributed by atoms with E-state index in [1.807, 2.05) is 4.90 Å². The molecule has 2 aliphatic rings. The number of nitrogens with zero attached hydrogens (tertiary/aromatic N) is 2. The van der Waals surface area contributed by atoms with Crippen molar-refractivity contribution in [3.05, 3.63) is 21.9 Å². The summed E-state index contributed by atoms with van der Waals surface area (Å²) in [7, 11) is 0. The van der Waals surface area contributed by atoms with Crippen molar-refractivity contribution in [2.45, 2.75) is 39.3 Å². The van der Waals surface area contributed by atoms with Gasteiger partial charge < -0.3 is 10.2 Å². The van der Waals surface area contributed by atoms with Gasteiger partial charge in [-0.3, -0.25) is 14.5 Å². The van der Waals surface area contributed by atoms with Gasteiger partial charge in [0, 0.05) is 37.6 Å². The largest absolute Gasteiger partial charge is 0.353 e. The molecule has 1 N–H and O–H groups in total. The highest BCUT2D eigenvalue weighted by Crippen LogP contribution is 2.25. The molecule has 5 nitrogen and oxygen atoms in total.